The number of ketones is 1. The minimum Gasteiger partial charge on any atom is -0.352 e. The summed E-state index contributed by atoms with van der Waals surface area (Å²) in [6, 6.07) is 15.4. The van der Waals surface area contributed by atoms with Crippen molar-refractivity contribution in [3.63, 3.8) is 0 Å². The quantitative estimate of drug-likeness (QED) is 0.233. The Balaban J connectivity index is 1.53. The number of ether oxygens (including phenoxy) is 1. The maximum absolute atomic E-state index is 13.3. The van der Waals surface area contributed by atoms with E-state index >= 15 is 0 Å². The van der Waals surface area contributed by atoms with Crippen LogP contribution in [0.5, 0.6) is 0 Å². The van der Waals surface area contributed by atoms with E-state index < -0.39 is 15.7 Å². The molecule has 1 aliphatic carbocycles. The van der Waals surface area contributed by atoms with E-state index in [1.165, 1.54) is 7.11 Å². The summed E-state index contributed by atoms with van der Waals surface area (Å²) in [6.07, 6.45) is 6.84. The SMILES string of the molecule is CCCC[C@](NC(=O)Cc1ccccc1)(OC)C(=O)CCCNC1CCc2c(cccc2NS(C)(=O)=O)C1. The van der Waals surface area contributed by atoms with Crippen LogP contribution in [0.25, 0.3) is 0 Å². The van der Waals surface area contributed by atoms with Crippen molar-refractivity contribution in [1.82, 2.24) is 10.6 Å². The lowest BCUT2D eigenvalue weighted by atomic mass is 9.87. The molecule has 2 aromatic rings. The molecule has 1 unspecified atom stereocenters. The predicted molar refractivity (Wildman–Crippen MR) is 151 cm³/mol. The van der Waals surface area contributed by atoms with Crippen LogP contribution in [0.1, 0.15) is 62.1 Å². The van der Waals surface area contributed by atoms with Crippen molar-refractivity contribution in [2.75, 3.05) is 24.6 Å². The molecule has 2 atom stereocenters. The molecule has 208 valence electrons. The number of rotatable bonds is 15. The van der Waals surface area contributed by atoms with Gasteiger partial charge in [-0.05, 0) is 61.4 Å². The first-order valence-corrected chi connectivity index (χ1v) is 15.3. The van der Waals surface area contributed by atoms with Gasteiger partial charge in [0.15, 0.2) is 11.5 Å². The number of amides is 1. The Morgan fingerprint density at radius 3 is 2.53 bits per heavy atom. The topological polar surface area (TPSA) is 114 Å². The Bertz CT molecular complexity index is 1190. The van der Waals surface area contributed by atoms with Gasteiger partial charge >= 0.3 is 0 Å². The molecule has 0 bridgehead atoms. The van der Waals surface area contributed by atoms with E-state index in [-0.39, 0.29) is 24.2 Å². The summed E-state index contributed by atoms with van der Waals surface area (Å²) in [6.45, 7) is 2.71. The highest BCUT2D eigenvalue weighted by Gasteiger charge is 2.38. The van der Waals surface area contributed by atoms with Crippen molar-refractivity contribution < 1.29 is 22.7 Å². The second kappa shape index (κ2) is 13.9. The molecule has 38 heavy (non-hydrogen) atoms. The number of benzene rings is 2. The van der Waals surface area contributed by atoms with Crippen LogP contribution in [0.2, 0.25) is 0 Å². The Morgan fingerprint density at radius 1 is 1.08 bits per heavy atom. The predicted octanol–water partition coefficient (Wildman–Crippen LogP) is 3.75. The van der Waals surface area contributed by atoms with Crippen molar-refractivity contribution in [1.29, 1.82) is 0 Å². The summed E-state index contributed by atoms with van der Waals surface area (Å²) in [5.41, 5.74) is 2.42. The number of carbonyl (C=O) groups is 2. The van der Waals surface area contributed by atoms with Gasteiger partial charge in [-0.25, -0.2) is 8.42 Å². The van der Waals surface area contributed by atoms with Crippen LogP contribution in [-0.4, -0.2) is 51.8 Å². The summed E-state index contributed by atoms with van der Waals surface area (Å²) in [4.78, 5) is 26.1. The normalized spacial score (nSPS) is 16.8. The first-order valence-electron chi connectivity index (χ1n) is 13.4. The maximum atomic E-state index is 13.3. The molecular formula is C29H41N3O5S. The third-order valence-electron chi connectivity index (χ3n) is 7.02. The number of Topliss-reactive ketones (excluding diaryl/α,β-unsaturated/α-hetero) is 1. The van der Waals surface area contributed by atoms with Crippen LogP contribution < -0.4 is 15.4 Å². The van der Waals surface area contributed by atoms with Crippen LogP contribution >= 0.6 is 0 Å². The first kappa shape index (κ1) is 29.8. The molecule has 2 aromatic carbocycles. The van der Waals surface area contributed by atoms with E-state index in [0.717, 1.165) is 55.1 Å². The van der Waals surface area contributed by atoms with Gasteiger partial charge in [-0.3, -0.25) is 14.3 Å². The highest BCUT2D eigenvalue weighted by atomic mass is 32.2. The lowest BCUT2D eigenvalue weighted by Gasteiger charge is -2.32. The van der Waals surface area contributed by atoms with E-state index in [0.29, 0.717) is 31.5 Å². The molecule has 0 spiro atoms. The van der Waals surface area contributed by atoms with Crippen molar-refractivity contribution in [2.45, 2.75) is 76.5 Å². The van der Waals surface area contributed by atoms with Crippen LogP contribution in [-0.2, 0) is 43.6 Å². The van der Waals surface area contributed by atoms with Gasteiger partial charge in [-0.15, -0.1) is 0 Å². The Labute approximate surface area is 227 Å². The molecule has 0 fully saturated rings. The second-order valence-electron chi connectivity index (χ2n) is 10.1. The number of carbonyl (C=O) groups excluding carboxylic acids is 2. The molecule has 8 nitrogen and oxygen atoms in total. The van der Waals surface area contributed by atoms with Gasteiger partial charge in [0.25, 0.3) is 0 Å². The van der Waals surface area contributed by atoms with Crippen LogP contribution in [0.4, 0.5) is 5.69 Å². The van der Waals surface area contributed by atoms with Crippen LogP contribution in [0.15, 0.2) is 48.5 Å². The highest BCUT2D eigenvalue weighted by Crippen LogP contribution is 2.29. The summed E-state index contributed by atoms with van der Waals surface area (Å²) in [5.74, 6) is -0.339. The number of anilines is 1. The fraction of sp³-hybridized carbons (Fsp3) is 0.517. The molecule has 1 amide bonds. The summed E-state index contributed by atoms with van der Waals surface area (Å²) < 4.78 is 31.7. The molecule has 1 aliphatic rings. The van der Waals surface area contributed by atoms with E-state index in [9.17, 15) is 18.0 Å². The summed E-state index contributed by atoms with van der Waals surface area (Å²) >= 11 is 0. The first-order chi connectivity index (χ1) is 18.2. The zero-order valence-electron chi connectivity index (χ0n) is 22.7. The fourth-order valence-corrected chi connectivity index (χ4v) is 5.64. The lowest BCUT2D eigenvalue weighted by Crippen LogP contribution is -2.56. The largest absolute Gasteiger partial charge is 0.352 e. The van der Waals surface area contributed by atoms with Gasteiger partial charge in [0.2, 0.25) is 15.9 Å². The summed E-state index contributed by atoms with van der Waals surface area (Å²) in [7, 11) is -1.84. The van der Waals surface area contributed by atoms with Gasteiger partial charge < -0.3 is 15.4 Å². The average Bonchev–Trinajstić information content (AvgIpc) is 2.88. The van der Waals surface area contributed by atoms with Crippen molar-refractivity contribution in [3.8, 4) is 0 Å². The number of fused-ring (bicyclic) bond motifs is 1. The Hall–Kier alpha value is -2.75. The number of hydrogen-bond acceptors (Lipinski definition) is 6. The molecule has 0 heterocycles. The average molecular weight is 544 g/mol. The van der Waals surface area contributed by atoms with Gasteiger partial charge in [0.1, 0.15) is 0 Å². The number of unbranched alkanes of at least 4 members (excludes halogenated alkanes) is 1. The van der Waals surface area contributed by atoms with Crippen LogP contribution in [0.3, 0.4) is 0 Å². The number of sulfonamides is 1. The Kier molecular flexibility index (Phi) is 10.9. The molecule has 3 N–H and O–H groups in total. The second-order valence-corrected chi connectivity index (χ2v) is 11.8. The molecule has 0 radical (unpaired) electrons. The standard InChI is InChI=1S/C29H41N3O5S/c1-4-5-18-29(37-2,31-28(34)20-22-11-7-6-8-12-22)27(33)15-10-19-30-24-16-17-25-23(21-24)13-9-14-26(25)32-38(3,35)36/h6-9,11-14,24,30,32H,4-5,10,15-21H2,1-3H3,(H,31,34)/t24?,29-/m0/s1. The van der Waals surface area contributed by atoms with Gasteiger partial charge in [0.05, 0.1) is 18.4 Å². The number of hydrogen-bond donors (Lipinski definition) is 3. The van der Waals surface area contributed by atoms with Crippen molar-refractivity contribution in [2.24, 2.45) is 0 Å². The van der Waals surface area contributed by atoms with Gasteiger partial charge in [0, 0.05) is 26.0 Å². The Morgan fingerprint density at radius 2 is 1.84 bits per heavy atom. The van der Waals surface area contributed by atoms with E-state index in [4.69, 9.17) is 4.74 Å². The van der Waals surface area contributed by atoms with E-state index in [2.05, 4.69) is 15.4 Å². The third kappa shape index (κ3) is 8.64. The molecule has 0 saturated carbocycles. The van der Waals surface area contributed by atoms with Crippen molar-refractivity contribution in [3.05, 3.63) is 65.2 Å². The molecule has 0 saturated heterocycles. The lowest BCUT2D eigenvalue weighted by molar-refractivity contribution is -0.153. The number of methoxy groups -OCH3 is 1. The molecule has 0 aromatic heterocycles. The summed E-state index contributed by atoms with van der Waals surface area (Å²) in [5, 5.41) is 6.46. The monoisotopic (exact) mass is 543 g/mol. The minimum atomic E-state index is -3.33. The molecule has 9 heteroatoms. The smallest absolute Gasteiger partial charge is 0.229 e. The minimum absolute atomic E-state index is 0.109. The fourth-order valence-electron chi connectivity index (χ4n) is 5.05. The zero-order chi connectivity index (χ0) is 27.6. The van der Waals surface area contributed by atoms with Gasteiger partial charge in [-0.1, -0.05) is 55.8 Å². The zero-order valence-corrected chi connectivity index (χ0v) is 23.5. The van der Waals surface area contributed by atoms with E-state index in [1.807, 2.05) is 49.4 Å². The van der Waals surface area contributed by atoms with Crippen molar-refractivity contribution >= 4 is 27.4 Å². The third-order valence-corrected chi connectivity index (χ3v) is 7.61. The number of nitrogens with one attached hydrogen (secondary N) is 3. The van der Waals surface area contributed by atoms with Gasteiger partial charge in [-0.2, -0.15) is 0 Å². The molecule has 0 aliphatic heterocycles. The maximum Gasteiger partial charge on any atom is 0.229 e. The molecule has 3 rings (SSSR count). The molecular weight excluding hydrogens is 502 g/mol. The highest BCUT2D eigenvalue weighted by molar-refractivity contribution is 7.92. The van der Waals surface area contributed by atoms with Crippen LogP contribution in [0, 0.1) is 0 Å². The van der Waals surface area contributed by atoms with E-state index in [1.54, 1.807) is 6.07 Å².